The Morgan fingerprint density at radius 2 is 1.97 bits per heavy atom. The molecular formula is C25H22N2O4. The molecule has 0 bridgehead atoms. The number of carbonyl (C=O) groups is 2. The fourth-order valence-electron chi connectivity index (χ4n) is 3.57. The van der Waals surface area contributed by atoms with Gasteiger partial charge in [0.15, 0.2) is 6.61 Å². The van der Waals surface area contributed by atoms with Gasteiger partial charge in [-0.3, -0.25) is 9.78 Å². The highest BCUT2D eigenvalue weighted by atomic mass is 16.5. The summed E-state index contributed by atoms with van der Waals surface area (Å²) in [6.45, 7) is 4.03. The van der Waals surface area contributed by atoms with Crippen molar-refractivity contribution in [3.63, 3.8) is 0 Å². The maximum absolute atomic E-state index is 12.6. The van der Waals surface area contributed by atoms with Crippen LogP contribution < -0.4 is 0 Å². The number of pyridine rings is 1. The smallest absolute Gasteiger partial charge is 0.331 e. The zero-order valence-electron chi connectivity index (χ0n) is 17.4. The van der Waals surface area contributed by atoms with E-state index < -0.39 is 5.97 Å². The highest BCUT2D eigenvalue weighted by molar-refractivity contribution is 6.00. The first-order chi connectivity index (χ1) is 15.0. The summed E-state index contributed by atoms with van der Waals surface area (Å²) in [7, 11) is 0. The van der Waals surface area contributed by atoms with E-state index in [0.717, 1.165) is 33.6 Å². The van der Waals surface area contributed by atoms with Crippen molar-refractivity contribution in [3.05, 3.63) is 95.3 Å². The van der Waals surface area contributed by atoms with Crippen LogP contribution in [0.25, 0.3) is 17.0 Å². The van der Waals surface area contributed by atoms with Gasteiger partial charge in [-0.1, -0.05) is 24.3 Å². The molecule has 0 radical (unpaired) electrons. The zero-order chi connectivity index (χ0) is 21.8. The van der Waals surface area contributed by atoms with E-state index in [1.165, 1.54) is 6.08 Å². The molecule has 0 aliphatic carbocycles. The second-order valence-electron chi connectivity index (χ2n) is 7.24. The monoisotopic (exact) mass is 414 g/mol. The summed E-state index contributed by atoms with van der Waals surface area (Å²) in [5, 5.41) is 0.984. The number of ether oxygens (including phenoxy) is 1. The first-order valence-corrected chi connectivity index (χ1v) is 9.94. The second-order valence-corrected chi connectivity index (χ2v) is 7.24. The lowest BCUT2D eigenvalue weighted by molar-refractivity contribution is -0.136. The van der Waals surface area contributed by atoms with E-state index in [9.17, 15) is 9.59 Å². The summed E-state index contributed by atoms with van der Waals surface area (Å²) < 4.78 is 12.6. The molecule has 6 nitrogen and oxygen atoms in total. The number of fused-ring (bicyclic) bond motifs is 1. The molecule has 3 aromatic heterocycles. The Hall–Kier alpha value is -3.93. The van der Waals surface area contributed by atoms with Crippen molar-refractivity contribution in [2.45, 2.75) is 20.4 Å². The van der Waals surface area contributed by atoms with Gasteiger partial charge in [0.25, 0.3) is 0 Å². The van der Waals surface area contributed by atoms with Crippen molar-refractivity contribution in [3.8, 4) is 0 Å². The van der Waals surface area contributed by atoms with Gasteiger partial charge in [0.05, 0.1) is 18.3 Å². The number of furan rings is 1. The number of esters is 1. The Morgan fingerprint density at radius 1 is 1.13 bits per heavy atom. The first-order valence-electron chi connectivity index (χ1n) is 9.94. The predicted molar refractivity (Wildman–Crippen MR) is 118 cm³/mol. The molecule has 0 fully saturated rings. The number of aryl methyl sites for hydroxylation is 1. The van der Waals surface area contributed by atoms with Crippen molar-refractivity contribution in [2.75, 3.05) is 6.61 Å². The van der Waals surface area contributed by atoms with E-state index in [1.807, 2.05) is 66.9 Å². The maximum atomic E-state index is 12.6. The second kappa shape index (κ2) is 8.83. The summed E-state index contributed by atoms with van der Waals surface area (Å²) in [6, 6.07) is 15.1. The largest absolute Gasteiger partial charge is 0.467 e. The molecule has 0 saturated heterocycles. The van der Waals surface area contributed by atoms with Gasteiger partial charge in [-0.2, -0.15) is 0 Å². The van der Waals surface area contributed by atoms with Crippen molar-refractivity contribution in [2.24, 2.45) is 0 Å². The van der Waals surface area contributed by atoms with Gasteiger partial charge in [0.1, 0.15) is 5.76 Å². The molecule has 31 heavy (non-hydrogen) atoms. The fraction of sp³-hybridized carbons (Fsp3) is 0.160. The Bertz CT molecular complexity index is 1260. The topological polar surface area (TPSA) is 74.3 Å². The molecule has 0 N–H and O–H groups in total. The summed E-state index contributed by atoms with van der Waals surface area (Å²) in [6.07, 6.45) is 6.30. The van der Waals surface area contributed by atoms with Crippen molar-refractivity contribution < 1.29 is 18.7 Å². The van der Waals surface area contributed by atoms with Crippen LogP contribution in [-0.4, -0.2) is 27.9 Å². The molecule has 0 aliphatic heterocycles. The van der Waals surface area contributed by atoms with Crippen molar-refractivity contribution in [1.29, 1.82) is 0 Å². The molecule has 0 amide bonds. The molecule has 0 spiro atoms. The van der Waals surface area contributed by atoms with Gasteiger partial charge in [-0.25, -0.2) is 4.79 Å². The molecule has 0 unspecified atom stereocenters. The van der Waals surface area contributed by atoms with Crippen LogP contribution in [0.2, 0.25) is 0 Å². The lowest BCUT2D eigenvalue weighted by Gasteiger charge is -2.08. The number of aromatic nitrogens is 2. The Balaban J connectivity index is 1.40. The Labute approximate surface area is 179 Å². The van der Waals surface area contributed by atoms with Crippen LogP contribution >= 0.6 is 0 Å². The fourth-order valence-corrected chi connectivity index (χ4v) is 3.57. The minimum atomic E-state index is -0.578. The predicted octanol–water partition coefficient (Wildman–Crippen LogP) is 4.73. The molecule has 156 valence electrons. The van der Waals surface area contributed by atoms with Gasteiger partial charge in [-0.05, 0) is 44.2 Å². The zero-order valence-corrected chi connectivity index (χ0v) is 17.4. The highest BCUT2D eigenvalue weighted by Crippen LogP contribution is 2.19. The SMILES string of the molecule is Cc1cc(C(=O)COC(=O)/C=C/c2cccc3cccnc23)c(C)n1Cc1ccco1. The third-order valence-electron chi connectivity index (χ3n) is 5.18. The van der Waals surface area contributed by atoms with Gasteiger partial charge in [0, 0.05) is 40.2 Å². The van der Waals surface area contributed by atoms with Crippen molar-refractivity contribution in [1.82, 2.24) is 9.55 Å². The average molecular weight is 414 g/mol. The molecule has 1 aromatic carbocycles. The minimum absolute atomic E-state index is 0.243. The summed E-state index contributed by atoms with van der Waals surface area (Å²) in [5.41, 5.74) is 3.90. The van der Waals surface area contributed by atoms with E-state index in [1.54, 1.807) is 18.5 Å². The summed E-state index contributed by atoms with van der Waals surface area (Å²) >= 11 is 0. The van der Waals surface area contributed by atoms with Gasteiger partial charge in [0.2, 0.25) is 5.78 Å². The number of carbonyl (C=O) groups excluding carboxylic acids is 2. The minimum Gasteiger partial charge on any atom is -0.467 e. The number of benzene rings is 1. The van der Waals surface area contributed by atoms with Crippen molar-refractivity contribution >= 4 is 28.7 Å². The van der Waals surface area contributed by atoms with Crippen LogP contribution in [-0.2, 0) is 16.1 Å². The van der Waals surface area contributed by atoms with Gasteiger partial charge < -0.3 is 13.7 Å². The summed E-state index contributed by atoms with van der Waals surface area (Å²) in [5.74, 6) is -0.0154. The average Bonchev–Trinajstić information content (AvgIpc) is 3.40. The van der Waals surface area contributed by atoms with Crippen LogP contribution in [0.1, 0.15) is 33.1 Å². The van der Waals surface area contributed by atoms with Gasteiger partial charge in [-0.15, -0.1) is 0 Å². The van der Waals surface area contributed by atoms with Crippen LogP contribution in [0.3, 0.4) is 0 Å². The number of Topliss-reactive ketones (excluding diaryl/α,β-unsaturated/α-hetero) is 1. The third-order valence-corrected chi connectivity index (χ3v) is 5.18. The van der Waals surface area contributed by atoms with Crippen LogP contribution in [0.4, 0.5) is 0 Å². The molecular weight excluding hydrogens is 392 g/mol. The lowest BCUT2D eigenvalue weighted by atomic mass is 10.1. The van der Waals surface area contributed by atoms with E-state index in [-0.39, 0.29) is 12.4 Å². The summed E-state index contributed by atoms with van der Waals surface area (Å²) in [4.78, 5) is 29.1. The highest BCUT2D eigenvalue weighted by Gasteiger charge is 2.17. The molecule has 0 atom stereocenters. The van der Waals surface area contributed by atoms with E-state index in [0.29, 0.717) is 12.1 Å². The Kier molecular flexibility index (Phi) is 5.80. The standard InChI is InChI=1S/C25H22N2O4/c1-17-14-22(18(2)27(17)15-21-9-5-13-30-21)23(28)16-31-24(29)11-10-20-7-3-6-19-8-4-12-26-25(19)20/h3-14H,15-16H2,1-2H3/b11-10+. The lowest BCUT2D eigenvalue weighted by Crippen LogP contribution is -2.13. The number of para-hydroxylation sites is 1. The third kappa shape index (κ3) is 4.48. The van der Waals surface area contributed by atoms with E-state index in [2.05, 4.69) is 4.98 Å². The molecule has 6 heteroatoms. The van der Waals surface area contributed by atoms with Gasteiger partial charge >= 0.3 is 5.97 Å². The van der Waals surface area contributed by atoms with Crippen LogP contribution in [0.5, 0.6) is 0 Å². The first kappa shape index (κ1) is 20.3. The van der Waals surface area contributed by atoms with Crippen LogP contribution in [0.15, 0.2) is 71.5 Å². The number of hydrogen-bond donors (Lipinski definition) is 0. The van der Waals surface area contributed by atoms with E-state index >= 15 is 0 Å². The molecule has 4 rings (SSSR count). The molecule has 0 saturated carbocycles. The number of hydrogen-bond acceptors (Lipinski definition) is 5. The molecule has 3 heterocycles. The number of rotatable bonds is 7. The maximum Gasteiger partial charge on any atom is 0.331 e. The normalized spacial score (nSPS) is 11.3. The number of nitrogens with zero attached hydrogens (tertiary/aromatic N) is 2. The van der Waals surface area contributed by atoms with Crippen LogP contribution in [0, 0.1) is 13.8 Å². The Morgan fingerprint density at radius 3 is 2.77 bits per heavy atom. The van der Waals surface area contributed by atoms with E-state index in [4.69, 9.17) is 9.15 Å². The molecule has 0 aliphatic rings. The number of ketones is 1. The quantitative estimate of drug-likeness (QED) is 0.248. The molecule has 4 aromatic rings.